The van der Waals surface area contributed by atoms with Gasteiger partial charge in [-0.3, -0.25) is 4.79 Å². The molecule has 0 spiro atoms. The second-order valence-electron chi connectivity index (χ2n) is 4.73. The van der Waals surface area contributed by atoms with Gasteiger partial charge in [-0.15, -0.1) is 0 Å². The molecule has 1 aliphatic heterocycles. The van der Waals surface area contributed by atoms with E-state index in [0.717, 1.165) is 12.6 Å². The van der Waals surface area contributed by atoms with E-state index in [0.29, 0.717) is 13.2 Å². The Hall–Kier alpha value is -1.81. The smallest absolute Gasteiger partial charge is 0.328 e. The molecule has 1 aliphatic rings. The second kappa shape index (κ2) is 5.89. The lowest BCUT2D eigenvalue weighted by atomic mass is 9.99. The molecule has 0 aromatic heterocycles. The quantitative estimate of drug-likeness (QED) is 0.467. The summed E-state index contributed by atoms with van der Waals surface area (Å²) < 4.78 is 11.0. The van der Waals surface area contributed by atoms with Gasteiger partial charge in [-0.05, 0) is 18.9 Å². The summed E-state index contributed by atoms with van der Waals surface area (Å²) in [5.41, 5.74) is 9.58. The summed E-state index contributed by atoms with van der Waals surface area (Å²) in [7, 11) is 0. The zero-order chi connectivity index (χ0) is 13.7. The Morgan fingerprint density at radius 3 is 2.63 bits per heavy atom. The van der Waals surface area contributed by atoms with Crippen molar-refractivity contribution >= 4 is 12.0 Å². The Morgan fingerprint density at radius 1 is 1.42 bits per heavy atom. The molecule has 1 saturated heterocycles. The predicted octanol–water partition coefficient (Wildman–Crippen LogP) is 1.48. The molecule has 0 unspecified atom stereocenters. The highest BCUT2D eigenvalue weighted by Crippen LogP contribution is 2.24. The van der Waals surface area contributed by atoms with Crippen LogP contribution in [0.25, 0.3) is 5.53 Å². The molecule has 0 atom stereocenters. The van der Waals surface area contributed by atoms with E-state index in [2.05, 4.69) is 16.9 Å². The van der Waals surface area contributed by atoms with Crippen LogP contribution in [0.3, 0.4) is 0 Å². The fraction of sp³-hybridized carbons (Fsp3) is 0.429. The van der Waals surface area contributed by atoms with Gasteiger partial charge in [-0.1, -0.05) is 30.3 Å². The van der Waals surface area contributed by atoms with Crippen molar-refractivity contribution in [1.29, 1.82) is 0 Å². The first-order valence-electron chi connectivity index (χ1n) is 6.18. The van der Waals surface area contributed by atoms with Gasteiger partial charge < -0.3 is 15.0 Å². The molecule has 0 aliphatic carbocycles. The maximum absolute atomic E-state index is 11.6. The lowest BCUT2D eigenvalue weighted by Crippen LogP contribution is -2.49. The molecular weight excluding hydrogens is 244 g/mol. The lowest BCUT2D eigenvalue weighted by molar-refractivity contribution is -0.254. The molecule has 0 radical (unpaired) electrons. The molecule has 5 heteroatoms. The third-order valence-electron chi connectivity index (χ3n) is 3.18. The normalized spacial score (nSPS) is 26.5. The Labute approximate surface area is 111 Å². The average Bonchev–Trinajstić information content (AvgIpc) is 2.43. The Bertz CT molecular complexity index is 487. The maximum atomic E-state index is 11.6. The molecule has 5 nitrogen and oxygen atoms in total. The highest BCUT2D eigenvalue weighted by Gasteiger charge is 2.41. The van der Waals surface area contributed by atoms with Gasteiger partial charge in [0, 0.05) is 5.92 Å². The molecule has 0 amide bonds. The van der Waals surface area contributed by atoms with Gasteiger partial charge in [-0.25, -0.2) is 0 Å². The molecule has 1 fully saturated rings. The third kappa shape index (κ3) is 3.35. The van der Waals surface area contributed by atoms with E-state index in [1.54, 1.807) is 0 Å². The second-order valence-corrected chi connectivity index (χ2v) is 4.73. The largest absolute Gasteiger partial charge is 0.361 e. The Kier molecular flexibility index (Phi) is 4.22. The molecule has 19 heavy (non-hydrogen) atoms. The third-order valence-corrected chi connectivity index (χ3v) is 3.18. The van der Waals surface area contributed by atoms with Crippen LogP contribution in [0.2, 0.25) is 0 Å². The Morgan fingerprint density at radius 2 is 2.05 bits per heavy atom. The highest BCUT2D eigenvalue weighted by molar-refractivity contribution is 6.28. The zero-order valence-electron chi connectivity index (χ0n) is 10.8. The van der Waals surface area contributed by atoms with Gasteiger partial charge in [0.1, 0.15) is 0 Å². The number of hydrogen-bond acceptors (Lipinski definition) is 3. The molecule has 0 N–H and O–H groups in total. The van der Waals surface area contributed by atoms with E-state index in [1.165, 1.54) is 12.5 Å². The minimum atomic E-state index is -1.33. The van der Waals surface area contributed by atoms with Crippen molar-refractivity contribution in [2.45, 2.75) is 19.1 Å². The number of ketones is 1. The zero-order valence-corrected chi connectivity index (χ0v) is 10.8. The van der Waals surface area contributed by atoms with Crippen LogP contribution >= 0.6 is 0 Å². The number of hydrogen-bond donors (Lipinski definition) is 0. The summed E-state index contributed by atoms with van der Waals surface area (Å²) in [6, 6.07) is 10.1. The molecule has 1 aromatic carbocycles. The van der Waals surface area contributed by atoms with Crippen molar-refractivity contribution in [3.8, 4) is 0 Å². The van der Waals surface area contributed by atoms with Crippen molar-refractivity contribution in [2.75, 3.05) is 13.2 Å². The van der Waals surface area contributed by atoms with Crippen molar-refractivity contribution in [3.63, 3.8) is 0 Å². The number of carbonyl (C=O) groups excluding carboxylic acids is 1. The first kappa shape index (κ1) is 13.6. The van der Waals surface area contributed by atoms with Crippen molar-refractivity contribution in [3.05, 3.63) is 41.4 Å². The van der Waals surface area contributed by atoms with Crippen LogP contribution < -0.4 is 0 Å². The van der Waals surface area contributed by atoms with Crippen molar-refractivity contribution in [1.82, 2.24) is 0 Å². The summed E-state index contributed by atoms with van der Waals surface area (Å²) in [6.45, 7) is 2.42. The SMILES string of the molecule is CC1(C(=O)C=[N+]=[N-])OCC(Cc2ccccc2)CO1. The topological polar surface area (TPSA) is 71.9 Å². The number of benzene rings is 1. The fourth-order valence-corrected chi connectivity index (χ4v) is 2.02. The first-order chi connectivity index (χ1) is 9.14. The minimum Gasteiger partial charge on any atom is -0.361 e. The van der Waals surface area contributed by atoms with Crippen LogP contribution in [0, 0.1) is 5.92 Å². The van der Waals surface area contributed by atoms with Gasteiger partial charge in [0.05, 0.1) is 13.2 Å². The minimum absolute atomic E-state index is 0.217. The Balaban J connectivity index is 1.92. The molecule has 1 heterocycles. The van der Waals surface area contributed by atoms with Crippen LogP contribution in [0.1, 0.15) is 12.5 Å². The molecule has 100 valence electrons. The van der Waals surface area contributed by atoms with Crippen LogP contribution in [0.15, 0.2) is 30.3 Å². The summed E-state index contributed by atoms with van der Waals surface area (Å²) in [5.74, 6) is -1.61. The highest BCUT2D eigenvalue weighted by atomic mass is 16.7. The fourth-order valence-electron chi connectivity index (χ4n) is 2.02. The van der Waals surface area contributed by atoms with Gasteiger partial charge in [0.2, 0.25) is 5.79 Å². The van der Waals surface area contributed by atoms with E-state index in [4.69, 9.17) is 15.0 Å². The van der Waals surface area contributed by atoms with Crippen LogP contribution in [-0.2, 0) is 20.7 Å². The van der Waals surface area contributed by atoms with Crippen LogP contribution in [0.4, 0.5) is 0 Å². The molecule has 0 saturated carbocycles. The van der Waals surface area contributed by atoms with E-state index < -0.39 is 11.6 Å². The van der Waals surface area contributed by atoms with E-state index >= 15 is 0 Å². The number of nitrogens with zero attached hydrogens (tertiary/aromatic N) is 2. The van der Waals surface area contributed by atoms with E-state index in [-0.39, 0.29) is 5.92 Å². The predicted molar refractivity (Wildman–Crippen MR) is 68.6 cm³/mol. The summed E-state index contributed by atoms with van der Waals surface area (Å²) in [5, 5.41) is 0. The van der Waals surface area contributed by atoms with Crippen molar-refractivity contribution < 1.29 is 19.1 Å². The van der Waals surface area contributed by atoms with E-state index in [1.807, 2.05) is 18.2 Å². The standard InChI is InChI=1S/C14H16N2O3/c1-14(13(17)8-16-15)18-9-12(10-19-14)7-11-5-3-2-4-6-11/h2-6,8,12H,7,9-10H2,1H3. The summed E-state index contributed by atoms with van der Waals surface area (Å²) in [6.07, 6.45) is 1.65. The number of rotatable bonds is 4. The number of ether oxygens (including phenoxy) is 2. The molecule has 2 rings (SSSR count). The lowest BCUT2D eigenvalue weighted by Gasteiger charge is -2.34. The monoisotopic (exact) mass is 260 g/mol. The summed E-state index contributed by atoms with van der Waals surface area (Å²) >= 11 is 0. The van der Waals surface area contributed by atoms with Gasteiger partial charge in [0.25, 0.3) is 5.78 Å². The van der Waals surface area contributed by atoms with Crippen LogP contribution in [-0.4, -0.2) is 35.8 Å². The maximum Gasteiger partial charge on any atom is 0.328 e. The molecule has 1 aromatic rings. The van der Waals surface area contributed by atoms with Crippen LogP contribution in [0.5, 0.6) is 0 Å². The average molecular weight is 260 g/mol. The summed E-state index contributed by atoms with van der Waals surface area (Å²) in [4.78, 5) is 14.3. The van der Waals surface area contributed by atoms with Gasteiger partial charge in [-0.2, -0.15) is 4.79 Å². The number of carbonyl (C=O) groups is 1. The van der Waals surface area contributed by atoms with E-state index in [9.17, 15) is 4.79 Å². The molecular formula is C14H16N2O3. The molecule has 0 bridgehead atoms. The first-order valence-corrected chi connectivity index (χ1v) is 6.18. The van der Waals surface area contributed by atoms with Gasteiger partial charge in [0.15, 0.2) is 0 Å². The van der Waals surface area contributed by atoms with Crippen molar-refractivity contribution in [2.24, 2.45) is 5.92 Å². The van der Waals surface area contributed by atoms with Gasteiger partial charge >= 0.3 is 6.21 Å². The number of Topliss-reactive ketones (excluding diaryl/α,β-unsaturated/α-hetero) is 1.